The number of halogens is 3. The molecule has 2 N–H and O–H groups in total. The number of imide groups is 1. The van der Waals surface area contributed by atoms with Crippen LogP contribution in [-0.2, 0) is 37.7 Å². The van der Waals surface area contributed by atoms with E-state index >= 15 is 0 Å². The molecule has 382 valence electrons. The summed E-state index contributed by atoms with van der Waals surface area (Å²) in [4.78, 5) is 82.3. The van der Waals surface area contributed by atoms with E-state index in [1.807, 2.05) is 48.2 Å². The van der Waals surface area contributed by atoms with E-state index in [9.17, 15) is 32.8 Å². The van der Waals surface area contributed by atoms with Crippen molar-refractivity contribution in [1.29, 1.82) is 0 Å². The molecular formula is C55H52ClF2N7O7S2. The molecule has 2 unspecified atom stereocenters. The number of nitrogens with zero attached hydrogens (tertiary/aromatic N) is 5. The Labute approximate surface area is 439 Å². The lowest BCUT2D eigenvalue weighted by atomic mass is 9.94. The van der Waals surface area contributed by atoms with Gasteiger partial charge >= 0.3 is 6.29 Å². The zero-order valence-electron chi connectivity index (χ0n) is 41.0. The molecule has 4 atom stereocenters. The summed E-state index contributed by atoms with van der Waals surface area (Å²) in [6, 6.07) is 23.1. The van der Waals surface area contributed by atoms with Gasteiger partial charge in [0.2, 0.25) is 23.6 Å². The number of ether oxygens (including phenoxy) is 2. The van der Waals surface area contributed by atoms with Crippen LogP contribution in [0.25, 0.3) is 32.6 Å². The topological polar surface area (TPSA) is 163 Å². The summed E-state index contributed by atoms with van der Waals surface area (Å²) in [6.45, 7) is 10.6. The predicted octanol–water partition coefficient (Wildman–Crippen LogP) is 9.38. The third kappa shape index (κ3) is 9.61. The molecule has 3 aliphatic heterocycles. The van der Waals surface area contributed by atoms with Crippen LogP contribution in [0.1, 0.15) is 70.6 Å². The van der Waals surface area contributed by atoms with E-state index in [0.717, 1.165) is 42.9 Å². The molecular weight excluding hydrogens is 1010 g/mol. The number of hydrogen-bond donors (Lipinski definition) is 2. The van der Waals surface area contributed by atoms with Gasteiger partial charge < -0.3 is 25.0 Å². The van der Waals surface area contributed by atoms with Crippen molar-refractivity contribution >= 4 is 80.3 Å². The van der Waals surface area contributed by atoms with Crippen molar-refractivity contribution in [3.8, 4) is 33.9 Å². The second-order valence-corrected chi connectivity index (χ2v) is 22.7. The van der Waals surface area contributed by atoms with Crippen LogP contribution in [0.3, 0.4) is 0 Å². The lowest BCUT2D eigenvalue weighted by molar-refractivity contribution is -0.286. The molecule has 3 aromatic heterocycles. The van der Waals surface area contributed by atoms with E-state index in [-0.39, 0.29) is 77.3 Å². The number of likely N-dealkylation sites (tertiary alicyclic amines) is 1. The normalized spacial score (nSPS) is 21.2. The van der Waals surface area contributed by atoms with Gasteiger partial charge in [0, 0.05) is 76.8 Å². The van der Waals surface area contributed by atoms with E-state index in [4.69, 9.17) is 16.6 Å². The minimum absolute atomic E-state index is 0.0478. The van der Waals surface area contributed by atoms with Gasteiger partial charge in [-0.3, -0.25) is 38.8 Å². The molecule has 19 heteroatoms. The Bertz CT molecular complexity index is 3280. The molecule has 14 nitrogen and oxygen atoms in total. The molecule has 11 rings (SSSR count). The number of hydrogen-bond acceptors (Lipinski definition) is 12. The molecule has 2 saturated carbocycles. The number of thiophene rings is 1. The fourth-order valence-corrected chi connectivity index (χ4v) is 12.8. The number of fused-ring (bicyclic) bond motifs is 3. The van der Waals surface area contributed by atoms with Crippen LogP contribution < -0.4 is 20.1 Å². The maximum atomic E-state index is 13.7. The Kier molecular flexibility index (Phi) is 13.0. The predicted molar refractivity (Wildman–Crippen MR) is 279 cm³/mol. The first kappa shape index (κ1) is 49.7. The number of pyridine rings is 2. The van der Waals surface area contributed by atoms with Crippen molar-refractivity contribution in [3.63, 3.8) is 0 Å². The summed E-state index contributed by atoms with van der Waals surface area (Å²) in [7, 11) is 0. The van der Waals surface area contributed by atoms with E-state index in [0.29, 0.717) is 84.4 Å². The first-order chi connectivity index (χ1) is 35.4. The quantitative estimate of drug-likeness (QED) is 0.0744. The molecule has 0 bridgehead atoms. The highest BCUT2D eigenvalue weighted by Crippen LogP contribution is 2.53. The monoisotopic (exact) mass is 1060 g/mol. The number of rotatable bonds is 15. The maximum absolute atomic E-state index is 13.7. The van der Waals surface area contributed by atoms with Crippen LogP contribution in [0.4, 0.5) is 14.6 Å². The lowest BCUT2D eigenvalue weighted by Crippen LogP contribution is -2.58. The Morgan fingerprint density at radius 3 is 2.39 bits per heavy atom. The van der Waals surface area contributed by atoms with E-state index in [1.165, 1.54) is 28.8 Å². The number of piperidine rings is 1. The number of alkyl halides is 2. The number of aryl methyl sites for hydroxylation is 2. The SMILES string of the molecule is Cc1ccc(NC(=O)C2(c3ccc4c(c3)OC(F)(F)O4)CC2)nc1-c1cccc(C(=O)NCCSCC(=O)N2C[C@H](C)N(Cc3c(C)cc(Cl)cc3-c3ccnc4cc(CN5C(=O)C6CC6C5=O)sc34)[C@@H](C)C2)c1. The Morgan fingerprint density at radius 2 is 1.64 bits per heavy atom. The van der Waals surface area contributed by atoms with Gasteiger partial charge in [-0.1, -0.05) is 35.9 Å². The summed E-state index contributed by atoms with van der Waals surface area (Å²) in [5, 5.41) is 6.51. The Balaban J connectivity index is 0.670. The van der Waals surface area contributed by atoms with Gasteiger partial charge in [0.05, 0.1) is 45.5 Å². The average molecular weight is 1060 g/mol. The van der Waals surface area contributed by atoms with Gasteiger partial charge in [-0.15, -0.1) is 20.1 Å². The molecule has 2 saturated heterocycles. The highest BCUT2D eigenvalue weighted by atomic mass is 35.5. The minimum Gasteiger partial charge on any atom is -0.395 e. The zero-order valence-corrected chi connectivity index (χ0v) is 43.4. The van der Waals surface area contributed by atoms with Crippen molar-refractivity contribution in [2.45, 2.75) is 83.8 Å². The zero-order chi connectivity index (χ0) is 51.8. The van der Waals surface area contributed by atoms with Crippen molar-refractivity contribution < 1.29 is 42.2 Å². The molecule has 0 spiro atoms. The second-order valence-electron chi connectivity index (χ2n) is 20.0. The number of carbonyl (C=O) groups excluding carboxylic acids is 5. The first-order valence-corrected chi connectivity index (χ1v) is 27.0. The van der Waals surface area contributed by atoms with Gasteiger partial charge in [-0.2, -0.15) is 11.8 Å². The van der Waals surface area contributed by atoms with Crippen LogP contribution in [0.15, 0.2) is 85.1 Å². The van der Waals surface area contributed by atoms with Gasteiger partial charge in [0.1, 0.15) is 5.82 Å². The second kappa shape index (κ2) is 19.3. The third-order valence-corrected chi connectivity index (χ3v) is 17.2. The number of benzene rings is 3. The van der Waals surface area contributed by atoms with E-state index < -0.39 is 11.7 Å². The van der Waals surface area contributed by atoms with Gasteiger partial charge in [-0.25, -0.2) is 4.98 Å². The summed E-state index contributed by atoms with van der Waals surface area (Å²) >= 11 is 9.76. The molecule has 0 radical (unpaired) electrons. The van der Waals surface area contributed by atoms with Crippen molar-refractivity contribution in [2.24, 2.45) is 11.8 Å². The van der Waals surface area contributed by atoms with Crippen LogP contribution >= 0.6 is 34.7 Å². The van der Waals surface area contributed by atoms with E-state index in [2.05, 4.69) is 50.8 Å². The van der Waals surface area contributed by atoms with Crippen molar-refractivity contribution in [1.82, 2.24) is 30.0 Å². The fourth-order valence-electron chi connectivity index (χ4n) is 10.7. The van der Waals surface area contributed by atoms with Crippen LogP contribution in [0, 0.1) is 25.7 Å². The molecule has 2 aliphatic carbocycles. The van der Waals surface area contributed by atoms with Crippen LogP contribution in [-0.4, -0.2) is 104 Å². The molecule has 5 amide bonds. The number of amides is 5. The number of thioether (sulfide) groups is 1. The van der Waals surface area contributed by atoms with Gasteiger partial charge in [0.25, 0.3) is 5.91 Å². The summed E-state index contributed by atoms with van der Waals surface area (Å²) < 4.78 is 37.5. The largest absolute Gasteiger partial charge is 0.586 e. The van der Waals surface area contributed by atoms with E-state index in [1.54, 1.807) is 47.9 Å². The molecule has 5 aliphatic rings. The summed E-state index contributed by atoms with van der Waals surface area (Å²) in [5.41, 5.74) is 7.16. The third-order valence-electron chi connectivity index (χ3n) is 14.9. The molecule has 6 heterocycles. The Hall–Kier alpha value is -6.47. The number of anilines is 1. The molecule has 74 heavy (non-hydrogen) atoms. The molecule has 3 aromatic carbocycles. The van der Waals surface area contributed by atoms with Crippen molar-refractivity contribution in [2.75, 3.05) is 36.5 Å². The van der Waals surface area contributed by atoms with Crippen molar-refractivity contribution in [3.05, 3.63) is 123 Å². The molecule has 4 fully saturated rings. The first-order valence-electron chi connectivity index (χ1n) is 24.7. The highest BCUT2D eigenvalue weighted by molar-refractivity contribution is 7.99. The standard InChI is InChI=1S/C55H52ClF2N7O7S2/c1-29-8-11-46(62-53(70)54(13-14-54)35-9-10-44-45(20-35)72-55(57,58)71-44)61-48(29)33-6-5-7-34(19-33)50(67)60-16-17-73-28-47(66)63-24-31(3)64(32(4)25-63)27-42-30(2)18-36(56)21-39(42)38-12-15-59-43-22-37(74-49(38)43)26-65-51(68)40-23-41(40)52(65)69/h5-12,15,18-22,31-32,40-41H,13-14,16-17,23-28H2,1-4H3,(H,60,67)(H,61,62,70)/t31-,32-,40?,41?/m0/s1. The van der Waals surface area contributed by atoms with Crippen LogP contribution in [0.5, 0.6) is 11.5 Å². The number of carbonyl (C=O) groups is 5. The summed E-state index contributed by atoms with van der Waals surface area (Å²) in [5.74, 6) is -0.0431. The number of aromatic nitrogens is 2. The average Bonchev–Trinajstić information content (AvgIpc) is 4.27. The maximum Gasteiger partial charge on any atom is 0.586 e. The van der Waals surface area contributed by atoms with Gasteiger partial charge in [0.15, 0.2) is 11.5 Å². The van der Waals surface area contributed by atoms with Crippen LogP contribution in [0.2, 0.25) is 5.02 Å². The molecule has 6 aromatic rings. The fraction of sp³-hybridized carbons (Fsp3) is 0.364. The highest BCUT2D eigenvalue weighted by Gasteiger charge is 2.59. The summed E-state index contributed by atoms with van der Waals surface area (Å²) in [6.07, 6.45) is -0.240. The smallest absolute Gasteiger partial charge is 0.395 e. The lowest BCUT2D eigenvalue weighted by Gasteiger charge is -2.45. The number of nitrogens with one attached hydrogen (secondary N) is 2. The minimum atomic E-state index is -3.76. The van der Waals surface area contributed by atoms with Gasteiger partial charge in [-0.05, 0) is 129 Å². The number of piperazine rings is 1. The Morgan fingerprint density at radius 1 is 0.878 bits per heavy atom.